The van der Waals surface area contributed by atoms with Crippen LogP contribution in [0.1, 0.15) is 21.5 Å². The maximum Gasteiger partial charge on any atom is 0.337 e. The summed E-state index contributed by atoms with van der Waals surface area (Å²) >= 11 is 0. The smallest absolute Gasteiger partial charge is 0.337 e. The minimum Gasteiger partial charge on any atom is -0.492 e. The number of carbonyl (C=O) groups excluding carboxylic acids is 2. The lowest BCUT2D eigenvalue weighted by Crippen LogP contribution is -2.37. The van der Waals surface area contributed by atoms with Gasteiger partial charge in [-0.2, -0.15) is 0 Å². The Labute approximate surface area is 140 Å². The van der Waals surface area contributed by atoms with Crippen molar-refractivity contribution in [3.63, 3.8) is 0 Å². The van der Waals surface area contributed by atoms with E-state index in [9.17, 15) is 9.59 Å². The summed E-state index contributed by atoms with van der Waals surface area (Å²) < 4.78 is 10.3. The fourth-order valence-electron chi connectivity index (χ4n) is 2.71. The van der Waals surface area contributed by atoms with Gasteiger partial charge in [0.1, 0.15) is 12.4 Å². The number of para-hydroxylation sites is 1. The van der Waals surface area contributed by atoms with Gasteiger partial charge in [-0.3, -0.25) is 4.79 Å². The van der Waals surface area contributed by atoms with Gasteiger partial charge < -0.3 is 14.8 Å². The number of amides is 1. The van der Waals surface area contributed by atoms with E-state index in [-0.39, 0.29) is 17.8 Å². The second-order valence-corrected chi connectivity index (χ2v) is 5.73. The predicted octanol–water partition coefficient (Wildman–Crippen LogP) is 2.34. The van der Waals surface area contributed by atoms with Crippen LogP contribution in [-0.2, 0) is 22.5 Å². The van der Waals surface area contributed by atoms with Crippen LogP contribution in [0.2, 0.25) is 0 Å². The number of ether oxygens (including phenoxy) is 2. The summed E-state index contributed by atoms with van der Waals surface area (Å²) in [6.07, 6.45) is 0.684. The zero-order valence-electron chi connectivity index (χ0n) is 13.5. The fourth-order valence-corrected chi connectivity index (χ4v) is 2.71. The quantitative estimate of drug-likeness (QED) is 0.877. The van der Waals surface area contributed by atoms with Gasteiger partial charge in [0.15, 0.2) is 0 Å². The monoisotopic (exact) mass is 325 g/mol. The molecule has 0 fully saturated rings. The number of esters is 1. The highest BCUT2D eigenvalue weighted by molar-refractivity contribution is 5.89. The second-order valence-electron chi connectivity index (χ2n) is 5.73. The third-order valence-corrected chi connectivity index (χ3v) is 4.09. The number of nitrogens with one attached hydrogen (secondary N) is 1. The van der Waals surface area contributed by atoms with Gasteiger partial charge in [0.25, 0.3) is 0 Å². The van der Waals surface area contributed by atoms with E-state index in [2.05, 4.69) is 10.1 Å². The van der Waals surface area contributed by atoms with Gasteiger partial charge in [-0.1, -0.05) is 30.3 Å². The Morgan fingerprint density at radius 1 is 1.17 bits per heavy atom. The Morgan fingerprint density at radius 3 is 2.67 bits per heavy atom. The second kappa shape index (κ2) is 7.17. The van der Waals surface area contributed by atoms with Gasteiger partial charge >= 0.3 is 5.97 Å². The summed E-state index contributed by atoms with van der Waals surface area (Å²) in [5, 5.41) is 2.93. The molecule has 1 N–H and O–H groups in total. The molecule has 2 aromatic carbocycles. The molecule has 0 aliphatic carbocycles. The highest BCUT2D eigenvalue weighted by Crippen LogP contribution is 2.26. The molecule has 24 heavy (non-hydrogen) atoms. The van der Waals surface area contributed by atoms with Crippen molar-refractivity contribution in [1.82, 2.24) is 5.32 Å². The van der Waals surface area contributed by atoms with E-state index in [1.807, 2.05) is 24.3 Å². The molecular weight excluding hydrogens is 306 g/mol. The third-order valence-electron chi connectivity index (χ3n) is 4.09. The van der Waals surface area contributed by atoms with E-state index in [4.69, 9.17) is 4.74 Å². The van der Waals surface area contributed by atoms with Crippen LogP contribution in [0.5, 0.6) is 5.75 Å². The number of hydrogen-bond donors (Lipinski definition) is 1. The van der Waals surface area contributed by atoms with Crippen LogP contribution in [0.15, 0.2) is 48.5 Å². The number of fused-ring (bicyclic) bond motifs is 1. The Bertz CT molecular complexity index is 739. The largest absolute Gasteiger partial charge is 0.492 e. The molecule has 0 aromatic heterocycles. The van der Waals surface area contributed by atoms with Gasteiger partial charge in [-0.05, 0) is 35.7 Å². The lowest BCUT2D eigenvalue weighted by atomic mass is 9.96. The highest BCUT2D eigenvalue weighted by Gasteiger charge is 2.25. The van der Waals surface area contributed by atoms with Crippen LogP contribution in [-0.4, -0.2) is 25.6 Å². The van der Waals surface area contributed by atoms with E-state index in [0.717, 1.165) is 16.9 Å². The lowest BCUT2D eigenvalue weighted by molar-refractivity contribution is -0.126. The van der Waals surface area contributed by atoms with Gasteiger partial charge in [-0.25, -0.2) is 4.79 Å². The van der Waals surface area contributed by atoms with E-state index in [1.165, 1.54) is 7.11 Å². The average Bonchev–Trinajstić information content (AvgIpc) is 2.65. The molecule has 3 rings (SSSR count). The first-order chi connectivity index (χ1) is 11.7. The number of carbonyl (C=O) groups is 2. The summed E-state index contributed by atoms with van der Waals surface area (Å²) in [6, 6.07) is 14.8. The first kappa shape index (κ1) is 16.1. The number of methoxy groups -OCH3 is 1. The molecule has 124 valence electrons. The van der Waals surface area contributed by atoms with Crippen LogP contribution in [0.4, 0.5) is 0 Å². The summed E-state index contributed by atoms with van der Waals surface area (Å²) in [6.45, 7) is 0.808. The minimum absolute atomic E-state index is 0.0263. The molecule has 1 amide bonds. The van der Waals surface area contributed by atoms with Crippen LogP contribution in [0.25, 0.3) is 0 Å². The maximum atomic E-state index is 12.3. The van der Waals surface area contributed by atoms with E-state index < -0.39 is 0 Å². The van der Waals surface area contributed by atoms with Crippen LogP contribution < -0.4 is 10.1 Å². The van der Waals surface area contributed by atoms with Crippen molar-refractivity contribution in [2.24, 2.45) is 5.92 Å². The van der Waals surface area contributed by atoms with Gasteiger partial charge in [0.2, 0.25) is 5.91 Å². The first-order valence-corrected chi connectivity index (χ1v) is 7.83. The molecule has 1 heterocycles. The van der Waals surface area contributed by atoms with E-state index in [0.29, 0.717) is 25.1 Å². The maximum absolute atomic E-state index is 12.3. The molecule has 0 radical (unpaired) electrons. The van der Waals surface area contributed by atoms with Crippen molar-refractivity contribution in [2.75, 3.05) is 13.7 Å². The van der Waals surface area contributed by atoms with Crippen molar-refractivity contribution < 1.29 is 19.1 Å². The lowest BCUT2D eigenvalue weighted by Gasteiger charge is -2.24. The molecule has 0 saturated heterocycles. The number of benzene rings is 2. The third kappa shape index (κ3) is 3.56. The van der Waals surface area contributed by atoms with Crippen LogP contribution >= 0.6 is 0 Å². The first-order valence-electron chi connectivity index (χ1n) is 7.83. The Morgan fingerprint density at radius 2 is 1.92 bits per heavy atom. The van der Waals surface area contributed by atoms with Crippen molar-refractivity contribution in [2.45, 2.75) is 13.0 Å². The molecule has 5 heteroatoms. The van der Waals surface area contributed by atoms with Crippen molar-refractivity contribution in [3.8, 4) is 5.75 Å². The molecule has 1 aliphatic heterocycles. The zero-order valence-corrected chi connectivity index (χ0v) is 13.5. The normalized spacial score (nSPS) is 15.8. The SMILES string of the molecule is COC(=O)c1ccc(CNC(=O)[C@@H]2COc3ccccc3C2)cc1. The predicted molar refractivity (Wildman–Crippen MR) is 88.8 cm³/mol. The molecule has 2 aromatic rings. The van der Waals surface area contributed by atoms with Crippen molar-refractivity contribution >= 4 is 11.9 Å². The molecule has 1 aliphatic rings. The van der Waals surface area contributed by atoms with Gasteiger partial charge in [0, 0.05) is 6.54 Å². The summed E-state index contributed by atoms with van der Waals surface area (Å²) in [7, 11) is 1.35. The average molecular weight is 325 g/mol. The summed E-state index contributed by atoms with van der Waals surface area (Å²) in [5.41, 5.74) is 2.48. The Hall–Kier alpha value is -2.82. The van der Waals surface area contributed by atoms with Crippen molar-refractivity contribution in [1.29, 1.82) is 0 Å². The minimum atomic E-state index is -0.372. The Kier molecular flexibility index (Phi) is 4.79. The van der Waals surface area contributed by atoms with E-state index in [1.54, 1.807) is 24.3 Å². The summed E-state index contributed by atoms with van der Waals surface area (Å²) in [5.74, 6) is 0.277. The topological polar surface area (TPSA) is 64.6 Å². The fraction of sp³-hybridized carbons (Fsp3) is 0.263. The summed E-state index contributed by atoms with van der Waals surface area (Å²) in [4.78, 5) is 23.7. The van der Waals surface area contributed by atoms with Gasteiger partial charge in [0.05, 0.1) is 18.6 Å². The van der Waals surface area contributed by atoms with Gasteiger partial charge in [-0.15, -0.1) is 0 Å². The standard InChI is InChI=1S/C19H19NO4/c1-23-19(22)14-8-6-13(7-9-14)11-20-18(21)16-10-15-4-2-3-5-17(15)24-12-16/h2-9,16H,10-12H2,1H3,(H,20,21)/t16-/m0/s1. The molecule has 5 nitrogen and oxygen atoms in total. The molecule has 1 atom stereocenters. The van der Waals surface area contributed by atoms with Crippen molar-refractivity contribution in [3.05, 3.63) is 65.2 Å². The van der Waals surface area contributed by atoms with E-state index >= 15 is 0 Å². The Balaban J connectivity index is 1.55. The highest BCUT2D eigenvalue weighted by atomic mass is 16.5. The zero-order chi connectivity index (χ0) is 16.9. The molecule has 0 spiro atoms. The molecule has 0 saturated carbocycles. The number of rotatable bonds is 4. The van der Waals surface area contributed by atoms with Crippen LogP contribution in [0.3, 0.4) is 0 Å². The molecule has 0 unspecified atom stereocenters. The molecule has 0 bridgehead atoms. The molecular formula is C19H19NO4. The van der Waals surface area contributed by atoms with Crippen LogP contribution in [0, 0.1) is 5.92 Å². The number of hydrogen-bond acceptors (Lipinski definition) is 4.